The first kappa shape index (κ1) is 29.0. The average Bonchev–Trinajstić information content (AvgIpc) is 3.29. The minimum absolute atomic E-state index is 0.0458. The summed E-state index contributed by atoms with van der Waals surface area (Å²) in [4.78, 5) is 43.5. The largest absolute Gasteiger partial charge is 0.496 e. The first-order valence-electron chi connectivity index (χ1n) is 12.6. The summed E-state index contributed by atoms with van der Waals surface area (Å²) in [5.74, 6) is -1.86. The molecule has 1 aliphatic rings. The summed E-state index contributed by atoms with van der Waals surface area (Å²) < 4.78 is 27.9. The Bertz CT molecular complexity index is 1100. The number of Topliss-reactive ketones (excluding diaryl/α,β-unsaturated/α-hetero) is 1. The van der Waals surface area contributed by atoms with Crippen LogP contribution in [0.2, 0.25) is 0 Å². The van der Waals surface area contributed by atoms with Crippen LogP contribution in [0.3, 0.4) is 0 Å². The summed E-state index contributed by atoms with van der Waals surface area (Å²) >= 11 is 0. The molecule has 1 fully saturated rings. The van der Waals surface area contributed by atoms with Crippen LogP contribution in [0.4, 0.5) is 0 Å². The molecule has 9 nitrogen and oxygen atoms in total. The van der Waals surface area contributed by atoms with E-state index in [1.165, 1.54) is 21.3 Å². The summed E-state index contributed by atoms with van der Waals surface area (Å²) in [5.41, 5.74) is -0.748. The van der Waals surface area contributed by atoms with Gasteiger partial charge in [-0.05, 0) is 34.4 Å². The van der Waals surface area contributed by atoms with Crippen molar-refractivity contribution >= 4 is 17.7 Å². The lowest BCUT2D eigenvalue weighted by Gasteiger charge is -2.37. The lowest BCUT2D eigenvalue weighted by Crippen LogP contribution is -2.55. The summed E-state index contributed by atoms with van der Waals surface area (Å²) in [6, 6.07) is 11.3. The van der Waals surface area contributed by atoms with Crippen molar-refractivity contribution in [3.63, 3.8) is 0 Å². The van der Waals surface area contributed by atoms with Crippen LogP contribution in [0, 0.1) is 11.3 Å². The van der Waals surface area contributed by atoms with Crippen LogP contribution in [-0.4, -0.2) is 77.3 Å². The van der Waals surface area contributed by atoms with Gasteiger partial charge in [-0.25, -0.2) is 0 Å². The van der Waals surface area contributed by atoms with E-state index >= 15 is 0 Å². The number of methoxy groups -OCH3 is 3. The second-order valence-electron chi connectivity index (χ2n) is 9.33. The zero-order valence-electron chi connectivity index (χ0n) is 23.1. The number of carbonyl (C=O) groups excluding carboxylic acids is 3. The predicted molar refractivity (Wildman–Crippen MR) is 141 cm³/mol. The summed E-state index contributed by atoms with van der Waals surface area (Å²) in [7, 11) is 8.03. The molecule has 0 saturated heterocycles. The molecule has 2 aromatic rings. The minimum Gasteiger partial charge on any atom is -0.496 e. The Labute approximate surface area is 223 Å². The van der Waals surface area contributed by atoms with Crippen molar-refractivity contribution in [3.8, 4) is 17.2 Å². The van der Waals surface area contributed by atoms with E-state index in [-0.39, 0.29) is 25.4 Å². The van der Waals surface area contributed by atoms with Gasteiger partial charge >= 0.3 is 11.9 Å². The van der Waals surface area contributed by atoms with Crippen LogP contribution in [-0.2, 0) is 19.1 Å². The molecule has 206 valence electrons. The molecule has 38 heavy (non-hydrogen) atoms. The van der Waals surface area contributed by atoms with Crippen LogP contribution in [0.5, 0.6) is 17.2 Å². The molecule has 1 saturated carbocycles. The molecule has 0 N–H and O–H groups in total. The van der Waals surface area contributed by atoms with Gasteiger partial charge in [-0.15, -0.1) is 0 Å². The van der Waals surface area contributed by atoms with Crippen molar-refractivity contribution in [3.05, 3.63) is 53.6 Å². The van der Waals surface area contributed by atoms with Gasteiger partial charge in [0, 0.05) is 41.1 Å². The number of benzene rings is 2. The van der Waals surface area contributed by atoms with Gasteiger partial charge in [-0.2, -0.15) is 0 Å². The van der Waals surface area contributed by atoms with Gasteiger partial charge in [0.05, 0.1) is 34.5 Å². The maximum atomic E-state index is 14.3. The molecule has 0 heterocycles. The van der Waals surface area contributed by atoms with Crippen molar-refractivity contribution in [2.24, 2.45) is 11.3 Å². The molecule has 1 aliphatic carbocycles. The smallest absolute Gasteiger partial charge is 0.325 e. The number of nitrogens with zero attached hydrogens (tertiary/aromatic N) is 1. The highest BCUT2D eigenvalue weighted by Crippen LogP contribution is 2.58. The van der Waals surface area contributed by atoms with Crippen molar-refractivity contribution in [2.75, 3.05) is 48.6 Å². The van der Waals surface area contributed by atoms with Crippen LogP contribution in [0.25, 0.3) is 0 Å². The Balaban J connectivity index is 2.39. The molecule has 0 aromatic heterocycles. The van der Waals surface area contributed by atoms with E-state index in [4.69, 9.17) is 23.7 Å². The molecular weight excluding hydrogens is 490 g/mol. The summed E-state index contributed by atoms with van der Waals surface area (Å²) in [5, 5.41) is 0. The molecule has 0 bridgehead atoms. The third-order valence-corrected chi connectivity index (χ3v) is 7.14. The Hall–Kier alpha value is -3.59. The third kappa shape index (κ3) is 5.07. The molecule has 3 atom stereocenters. The minimum atomic E-state index is -1.77. The fourth-order valence-electron chi connectivity index (χ4n) is 5.70. The van der Waals surface area contributed by atoms with Crippen LogP contribution in [0.15, 0.2) is 42.5 Å². The van der Waals surface area contributed by atoms with E-state index in [1.54, 1.807) is 69.2 Å². The maximum absolute atomic E-state index is 14.3. The molecule has 0 amide bonds. The lowest BCUT2D eigenvalue weighted by molar-refractivity contribution is -0.176. The van der Waals surface area contributed by atoms with E-state index < -0.39 is 35.2 Å². The normalized spacial score (nSPS) is 20.1. The monoisotopic (exact) mass is 527 g/mol. The van der Waals surface area contributed by atoms with Crippen molar-refractivity contribution < 1.29 is 38.1 Å². The molecule has 0 spiro atoms. The number of esters is 2. The van der Waals surface area contributed by atoms with Crippen molar-refractivity contribution in [1.82, 2.24) is 4.90 Å². The molecule has 0 unspecified atom stereocenters. The van der Waals surface area contributed by atoms with E-state index in [0.717, 1.165) is 0 Å². The van der Waals surface area contributed by atoms with Crippen molar-refractivity contribution in [2.45, 2.75) is 32.2 Å². The van der Waals surface area contributed by atoms with E-state index in [9.17, 15) is 14.4 Å². The number of rotatable bonds is 11. The quantitative estimate of drug-likeness (QED) is 0.246. The van der Waals surface area contributed by atoms with Crippen LogP contribution in [0.1, 0.15) is 42.1 Å². The highest BCUT2D eigenvalue weighted by Gasteiger charge is 2.67. The van der Waals surface area contributed by atoms with Crippen LogP contribution >= 0.6 is 0 Å². The molecular formula is C29H37NO8. The van der Waals surface area contributed by atoms with Gasteiger partial charge in [-0.3, -0.25) is 14.4 Å². The van der Waals surface area contributed by atoms with Gasteiger partial charge in [0.1, 0.15) is 17.2 Å². The summed E-state index contributed by atoms with van der Waals surface area (Å²) in [6.07, 6.45) is -0.0458. The number of ketones is 1. The van der Waals surface area contributed by atoms with Crippen molar-refractivity contribution in [1.29, 1.82) is 0 Å². The second-order valence-corrected chi connectivity index (χ2v) is 9.33. The average molecular weight is 528 g/mol. The second kappa shape index (κ2) is 12.3. The van der Waals surface area contributed by atoms with Gasteiger partial charge in [0.2, 0.25) is 0 Å². The standard InChI is InChI=1S/C29H37NO8/c1-8-37-27(32)29(28(33)38-9-2)17-20(23-21(35-6)15-19(34-5)16-22(23)36-7)24(26(29)30(3)4)25(31)18-13-11-10-12-14-18/h10-16,20,24,26H,8-9,17H2,1-7H3/t20-,24+,26+/m0/s1. The van der Waals surface area contributed by atoms with E-state index in [0.29, 0.717) is 28.4 Å². The first-order chi connectivity index (χ1) is 18.2. The predicted octanol–water partition coefficient (Wildman–Crippen LogP) is 3.74. The zero-order valence-corrected chi connectivity index (χ0v) is 23.1. The number of hydrogen-bond donors (Lipinski definition) is 0. The molecule has 2 aromatic carbocycles. The zero-order chi connectivity index (χ0) is 28.0. The molecule has 0 radical (unpaired) electrons. The summed E-state index contributed by atoms with van der Waals surface area (Å²) in [6.45, 7) is 3.49. The third-order valence-electron chi connectivity index (χ3n) is 7.14. The van der Waals surface area contributed by atoms with Gasteiger partial charge < -0.3 is 28.6 Å². The number of ether oxygens (including phenoxy) is 5. The Morgan fingerprint density at radius 1 is 0.868 bits per heavy atom. The van der Waals surface area contributed by atoms with Gasteiger partial charge in [0.25, 0.3) is 0 Å². The Kier molecular flexibility index (Phi) is 9.38. The maximum Gasteiger partial charge on any atom is 0.325 e. The molecule has 3 rings (SSSR count). The highest BCUT2D eigenvalue weighted by molar-refractivity contribution is 6.06. The van der Waals surface area contributed by atoms with E-state index in [1.807, 2.05) is 6.07 Å². The number of carbonyl (C=O) groups is 3. The van der Waals surface area contributed by atoms with Gasteiger partial charge in [-0.1, -0.05) is 30.3 Å². The SMILES string of the molecule is CCOC(=O)C1(C(=O)OCC)C[C@@H](c2c(OC)cc(OC)cc2OC)[C@H](C(=O)c2ccccc2)[C@H]1N(C)C. The van der Waals surface area contributed by atoms with Gasteiger partial charge in [0.15, 0.2) is 11.2 Å². The molecule has 0 aliphatic heterocycles. The molecule has 9 heteroatoms. The Morgan fingerprint density at radius 2 is 1.39 bits per heavy atom. The topological polar surface area (TPSA) is 101 Å². The lowest BCUT2D eigenvalue weighted by atomic mass is 9.77. The fraction of sp³-hybridized carbons (Fsp3) is 0.483. The fourth-order valence-corrected chi connectivity index (χ4v) is 5.70. The Morgan fingerprint density at radius 3 is 1.82 bits per heavy atom. The first-order valence-corrected chi connectivity index (χ1v) is 12.6. The van der Waals surface area contributed by atoms with E-state index in [2.05, 4.69) is 0 Å². The van der Waals surface area contributed by atoms with Crippen LogP contribution < -0.4 is 14.2 Å². The number of hydrogen-bond acceptors (Lipinski definition) is 9. The highest BCUT2D eigenvalue weighted by atomic mass is 16.6.